The van der Waals surface area contributed by atoms with Crippen LogP contribution in [0, 0.1) is 0 Å². The zero-order valence-electron chi connectivity index (χ0n) is 15.0. The van der Waals surface area contributed by atoms with E-state index >= 15 is 0 Å². The lowest BCUT2D eigenvalue weighted by atomic mass is 10.0. The van der Waals surface area contributed by atoms with Crippen molar-refractivity contribution in [3.8, 4) is 11.3 Å². The van der Waals surface area contributed by atoms with Crippen molar-refractivity contribution in [2.75, 3.05) is 0 Å². The van der Waals surface area contributed by atoms with Gasteiger partial charge in [0.2, 0.25) is 5.91 Å². The van der Waals surface area contributed by atoms with Crippen molar-refractivity contribution in [3.05, 3.63) is 90.4 Å². The van der Waals surface area contributed by atoms with E-state index in [0.29, 0.717) is 12.1 Å². The molecule has 0 saturated heterocycles. The van der Waals surface area contributed by atoms with Crippen LogP contribution >= 0.6 is 0 Å². The number of furan rings is 1. The van der Waals surface area contributed by atoms with E-state index in [1.54, 1.807) is 18.5 Å². The highest BCUT2D eigenvalue weighted by Gasteiger charge is 2.17. The number of hydrogen-bond acceptors (Lipinski definition) is 3. The number of carbonyl (C=O) groups is 1. The Bertz CT molecular complexity index is 1300. The molecule has 0 fully saturated rings. The highest BCUT2D eigenvalue weighted by molar-refractivity contribution is 6.18. The van der Waals surface area contributed by atoms with Gasteiger partial charge in [-0.2, -0.15) is 0 Å². The van der Waals surface area contributed by atoms with Crippen molar-refractivity contribution in [3.63, 3.8) is 0 Å². The van der Waals surface area contributed by atoms with Crippen LogP contribution in [0.2, 0.25) is 0 Å². The van der Waals surface area contributed by atoms with Crippen molar-refractivity contribution >= 4 is 27.7 Å². The molecule has 3 aromatic heterocycles. The third-order valence-corrected chi connectivity index (χ3v) is 5.01. The molecule has 5 rings (SSSR count). The fraction of sp³-hybridized carbons (Fsp3) is 0.0435. The van der Waals surface area contributed by atoms with Gasteiger partial charge in [-0.05, 0) is 42.5 Å². The molecule has 0 radical (unpaired) electrons. The molecule has 5 heteroatoms. The molecule has 1 amide bonds. The maximum absolute atomic E-state index is 12.1. The van der Waals surface area contributed by atoms with Crippen LogP contribution < -0.4 is 5.73 Å². The summed E-state index contributed by atoms with van der Waals surface area (Å²) >= 11 is 0. The van der Waals surface area contributed by atoms with E-state index in [9.17, 15) is 4.79 Å². The number of aromatic nitrogens is 2. The maximum atomic E-state index is 12.1. The smallest absolute Gasteiger partial charge is 0.249 e. The van der Waals surface area contributed by atoms with Crippen molar-refractivity contribution in [1.29, 1.82) is 0 Å². The fourth-order valence-electron chi connectivity index (χ4n) is 3.77. The first-order chi connectivity index (χ1) is 13.7. The zero-order valence-corrected chi connectivity index (χ0v) is 15.0. The molecular weight excluding hydrogens is 350 g/mol. The Morgan fingerprint density at radius 3 is 2.68 bits per heavy atom. The molecule has 2 aromatic carbocycles. The van der Waals surface area contributed by atoms with Crippen LogP contribution in [0.1, 0.15) is 16.1 Å². The van der Waals surface area contributed by atoms with Crippen molar-refractivity contribution in [2.45, 2.75) is 6.54 Å². The Labute approximate surface area is 161 Å². The SMILES string of the molecule is NC(=O)c1cccc2c1c1ccc(-c3ccco3)cc1n2Cc1ccccn1. The minimum Gasteiger partial charge on any atom is -0.464 e. The summed E-state index contributed by atoms with van der Waals surface area (Å²) in [7, 11) is 0. The van der Waals surface area contributed by atoms with Gasteiger partial charge in [0, 0.05) is 28.1 Å². The van der Waals surface area contributed by atoms with E-state index in [1.165, 1.54) is 0 Å². The summed E-state index contributed by atoms with van der Waals surface area (Å²) in [6.07, 6.45) is 3.44. The normalized spacial score (nSPS) is 11.3. The van der Waals surface area contributed by atoms with E-state index in [0.717, 1.165) is 38.8 Å². The Morgan fingerprint density at radius 2 is 1.93 bits per heavy atom. The number of carbonyl (C=O) groups excluding carboxylic acids is 1. The van der Waals surface area contributed by atoms with Crippen molar-refractivity contribution < 1.29 is 9.21 Å². The fourth-order valence-corrected chi connectivity index (χ4v) is 3.77. The van der Waals surface area contributed by atoms with Crippen LogP contribution in [-0.4, -0.2) is 15.5 Å². The van der Waals surface area contributed by atoms with Gasteiger partial charge in [-0.3, -0.25) is 9.78 Å². The van der Waals surface area contributed by atoms with Gasteiger partial charge in [0.25, 0.3) is 0 Å². The number of benzene rings is 2. The Hall–Kier alpha value is -3.86. The summed E-state index contributed by atoms with van der Waals surface area (Å²) in [6.45, 7) is 0.588. The number of pyridine rings is 1. The molecule has 28 heavy (non-hydrogen) atoms. The number of fused-ring (bicyclic) bond motifs is 3. The minimum atomic E-state index is -0.433. The van der Waals surface area contributed by atoms with Crippen LogP contribution in [-0.2, 0) is 6.54 Å². The van der Waals surface area contributed by atoms with Gasteiger partial charge < -0.3 is 14.7 Å². The van der Waals surface area contributed by atoms with E-state index < -0.39 is 5.91 Å². The Morgan fingerprint density at radius 1 is 1.00 bits per heavy atom. The summed E-state index contributed by atoms with van der Waals surface area (Å²) in [5.74, 6) is 0.365. The van der Waals surface area contributed by atoms with Crippen LogP contribution in [0.3, 0.4) is 0 Å². The lowest BCUT2D eigenvalue weighted by molar-refractivity contribution is 0.100. The van der Waals surface area contributed by atoms with Crippen LogP contribution in [0.15, 0.2) is 83.6 Å². The van der Waals surface area contributed by atoms with Crippen LogP contribution in [0.5, 0.6) is 0 Å². The number of nitrogens with two attached hydrogens (primary N) is 1. The molecule has 0 bridgehead atoms. The highest BCUT2D eigenvalue weighted by atomic mass is 16.3. The van der Waals surface area contributed by atoms with Gasteiger partial charge in [0.1, 0.15) is 5.76 Å². The van der Waals surface area contributed by atoms with Gasteiger partial charge in [0.05, 0.1) is 29.5 Å². The standard InChI is InChI=1S/C23H17N3O2/c24-23(27)18-6-3-7-19-22(18)17-10-9-15(21-8-4-12-28-21)13-20(17)26(19)14-16-5-1-2-11-25-16/h1-13H,14H2,(H2,24,27). The van der Waals surface area contributed by atoms with E-state index in [2.05, 4.69) is 15.6 Å². The van der Waals surface area contributed by atoms with E-state index in [-0.39, 0.29) is 0 Å². The first kappa shape index (κ1) is 16.3. The number of hydrogen-bond donors (Lipinski definition) is 1. The lowest BCUT2D eigenvalue weighted by Gasteiger charge is -2.08. The molecular formula is C23H17N3O2. The summed E-state index contributed by atoms with van der Waals surface area (Å²) in [6, 6.07) is 21.4. The average molecular weight is 367 g/mol. The first-order valence-electron chi connectivity index (χ1n) is 9.01. The second kappa shape index (κ2) is 6.39. The van der Waals surface area contributed by atoms with Crippen LogP contribution in [0.4, 0.5) is 0 Å². The molecule has 3 heterocycles. The molecule has 0 aliphatic rings. The summed E-state index contributed by atoms with van der Waals surface area (Å²) in [5.41, 5.74) is 10.1. The third kappa shape index (κ3) is 2.56. The van der Waals surface area contributed by atoms with Crippen molar-refractivity contribution in [1.82, 2.24) is 9.55 Å². The van der Waals surface area contributed by atoms with Gasteiger partial charge >= 0.3 is 0 Å². The number of primary amides is 1. The van der Waals surface area contributed by atoms with E-state index in [4.69, 9.17) is 10.2 Å². The summed E-state index contributed by atoms with van der Waals surface area (Å²) in [5, 5.41) is 1.85. The predicted molar refractivity (Wildman–Crippen MR) is 109 cm³/mol. The first-order valence-corrected chi connectivity index (χ1v) is 9.01. The predicted octanol–water partition coefficient (Wildman–Crippen LogP) is 4.60. The summed E-state index contributed by atoms with van der Waals surface area (Å²) < 4.78 is 7.74. The van der Waals surface area contributed by atoms with Gasteiger partial charge in [-0.1, -0.05) is 24.3 Å². The van der Waals surface area contributed by atoms with Crippen LogP contribution in [0.25, 0.3) is 33.1 Å². The lowest BCUT2D eigenvalue weighted by Crippen LogP contribution is -2.11. The zero-order chi connectivity index (χ0) is 19.1. The van der Waals surface area contributed by atoms with Crippen molar-refractivity contribution in [2.24, 2.45) is 5.73 Å². The molecule has 0 unspecified atom stereocenters. The molecule has 0 saturated carbocycles. The molecule has 5 nitrogen and oxygen atoms in total. The molecule has 0 aliphatic heterocycles. The van der Waals surface area contributed by atoms with E-state index in [1.807, 2.05) is 54.6 Å². The van der Waals surface area contributed by atoms with Gasteiger partial charge in [-0.25, -0.2) is 0 Å². The van der Waals surface area contributed by atoms with Gasteiger partial charge in [0.15, 0.2) is 0 Å². The molecule has 0 spiro atoms. The molecule has 2 N–H and O–H groups in total. The monoisotopic (exact) mass is 367 g/mol. The summed E-state index contributed by atoms with van der Waals surface area (Å²) in [4.78, 5) is 16.5. The quantitative estimate of drug-likeness (QED) is 0.505. The number of rotatable bonds is 4. The largest absolute Gasteiger partial charge is 0.464 e. The molecule has 5 aromatic rings. The Balaban J connectivity index is 1.83. The Kier molecular flexibility index (Phi) is 3.72. The number of amides is 1. The molecule has 0 aliphatic carbocycles. The second-order valence-corrected chi connectivity index (χ2v) is 6.68. The highest BCUT2D eigenvalue weighted by Crippen LogP contribution is 2.35. The minimum absolute atomic E-state index is 0.433. The number of nitrogens with zero attached hydrogens (tertiary/aromatic N) is 2. The maximum Gasteiger partial charge on any atom is 0.249 e. The third-order valence-electron chi connectivity index (χ3n) is 5.01. The second-order valence-electron chi connectivity index (χ2n) is 6.68. The topological polar surface area (TPSA) is 74.1 Å². The van der Waals surface area contributed by atoms with Gasteiger partial charge in [-0.15, -0.1) is 0 Å². The molecule has 0 atom stereocenters. The molecule has 136 valence electrons. The average Bonchev–Trinajstić information content (AvgIpc) is 3.36.